The normalized spacial score (nSPS) is 12.8. The lowest BCUT2D eigenvalue weighted by atomic mass is 9.92. The first-order chi connectivity index (χ1) is 15.3. The van der Waals surface area contributed by atoms with Crippen molar-refractivity contribution >= 4 is 11.8 Å². The predicted octanol–water partition coefficient (Wildman–Crippen LogP) is 3.38. The number of hydrogen-bond donors (Lipinski definition) is 3. The highest BCUT2D eigenvalue weighted by Crippen LogP contribution is 2.36. The molecule has 4 N–H and O–H groups in total. The molecule has 2 heterocycles. The van der Waals surface area contributed by atoms with E-state index in [-0.39, 0.29) is 11.5 Å². The maximum atomic E-state index is 14.8. The van der Waals surface area contributed by atoms with E-state index in [2.05, 4.69) is 34.0 Å². The summed E-state index contributed by atoms with van der Waals surface area (Å²) in [5.41, 5.74) is 10.0. The molecular weight excluding hydrogens is 409 g/mol. The highest BCUT2D eigenvalue weighted by atomic mass is 19.1. The SMILES string of the molecule is CCN(CC)Cc1[nH]c(-c2ccc(-c3ccc(C(N)=O)cc3F)c3c2C(=O)NC3)nc1C. The number of imidazole rings is 1. The minimum atomic E-state index is -0.693. The average Bonchev–Trinajstić information content (AvgIpc) is 3.34. The Hall–Kier alpha value is -3.52. The number of H-pyrrole nitrogens is 1. The van der Waals surface area contributed by atoms with Crippen molar-refractivity contribution in [3.8, 4) is 22.5 Å². The van der Waals surface area contributed by atoms with E-state index in [0.717, 1.165) is 37.1 Å². The van der Waals surface area contributed by atoms with E-state index in [1.807, 2.05) is 6.92 Å². The summed E-state index contributed by atoms with van der Waals surface area (Å²) in [6.45, 7) is 9.06. The van der Waals surface area contributed by atoms with Gasteiger partial charge in [-0.1, -0.05) is 26.0 Å². The van der Waals surface area contributed by atoms with E-state index >= 15 is 0 Å². The van der Waals surface area contributed by atoms with Gasteiger partial charge in [0.25, 0.3) is 5.91 Å². The van der Waals surface area contributed by atoms with Crippen LogP contribution in [0.25, 0.3) is 22.5 Å². The number of aromatic nitrogens is 2. The van der Waals surface area contributed by atoms with Gasteiger partial charge in [-0.25, -0.2) is 9.37 Å². The fraction of sp³-hybridized carbons (Fsp3) is 0.292. The van der Waals surface area contributed by atoms with Crippen LogP contribution in [0.4, 0.5) is 4.39 Å². The van der Waals surface area contributed by atoms with Crippen molar-refractivity contribution in [1.29, 1.82) is 0 Å². The molecule has 0 unspecified atom stereocenters. The third kappa shape index (κ3) is 3.78. The second-order valence-electron chi connectivity index (χ2n) is 7.87. The molecule has 0 saturated carbocycles. The summed E-state index contributed by atoms with van der Waals surface area (Å²) in [4.78, 5) is 34.4. The maximum absolute atomic E-state index is 14.8. The summed E-state index contributed by atoms with van der Waals surface area (Å²) in [6.07, 6.45) is 0. The third-order valence-electron chi connectivity index (χ3n) is 6.03. The first-order valence-corrected chi connectivity index (χ1v) is 10.7. The number of hydrogen-bond acceptors (Lipinski definition) is 4. The highest BCUT2D eigenvalue weighted by Gasteiger charge is 2.28. The quantitative estimate of drug-likeness (QED) is 0.529. The van der Waals surface area contributed by atoms with Gasteiger partial charge in [0.05, 0.1) is 17.0 Å². The number of nitrogens with one attached hydrogen (secondary N) is 2. The number of aromatic amines is 1. The molecule has 0 atom stereocenters. The van der Waals surface area contributed by atoms with E-state index in [1.165, 1.54) is 12.1 Å². The zero-order chi connectivity index (χ0) is 23.0. The number of carbonyl (C=O) groups is 2. The Bertz CT molecular complexity index is 1210. The minimum absolute atomic E-state index is 0.0977. The van der Waals surface area contributed by atoms with Crippen LogP contribution in [0.2, 0.25) is 0 Å². The van der Waals surface area contributed by atoms with E-state index in [1.54, 1.807) is 12.1 Å². The Balaban J connectivity index is 1.79. The number of benzene rings is 2. The summed E-state index contributed by atoms with van der Waals surface area (Å²) < 4.78 is 14.8. The summed E-state index contributed by atoms with van der Waals surface area (Å²) in [7, 11) is 0. The molecule has 0 spiro atoms. The average molecular weight is 436 g/mol. The van der Waals surface area contributed by atoms with Gasteiger partial charge in [0.15, 0.2) is 0 Å². The highest BCUT2D eigenvalue weighted by molar-refractivity contribution is 6.06. The first-order valence-electron chi connectivity index (χ1n) is 10.7. The lowest BCUT2D eigenvalue weighted by Gasteiger charge is -2.17. The van der Waals surface area contributed by atoms with Crippen molar-refractivity contribution in [2.24, 2.45) is 5.73 Å². The molecule has 166 valence electrons. The molecule has 1 aromatic heterocycles. The summed E-state index contributed by atoms with van der Waals surface area (Å²) in [5, 5.41) is 2.84. The zero-order valence-electron chi connectivity index (χ0n) is 18.4. The molecular formula is C24H26FN5O2. The largest absolute Gasteiger partial charge is 0.366 e. The van der Waals surface area contributed by atoms with Crippen molar-refractivity contribution in [3.05, 3.63) is 64.2 Å². The van der Waals surface area contributed by atoms with Gasteiger partial charge < -0.3 is 16.0 Å². The topological polar surface area (TPSA) is 104 Å². The standard InChI is InChI=1S/C24H26FN5O2/c1-4-30(5-2)12-20-13(3)28-23(29-20)17-9-8-15(18-11-27-24(32)21(17)18)16-7-6-14(22(26)31)10-19(16)25/h6-10H,4-5,11-12H2,1-3H3,(H2,26,31)(H,27,32)(H,28,29). The van der Waals surface area contributed by atoms with Crippen LogP contribution < -0.4 is 11.1 Å². The number of rotatable bonds is 7. The molecule has 1 aliphatic rings. The van der Waals surface area contributed by atoms with Gasteiger partial charge in [-0.05, 0) is 49.3 Å². The van der Waals surface area contributed by atoms with Gasteiger partial charge >= 0.3 is 0 Å². The fourth-order valence-corrected chi connectivity index (χ4v) is 4.13. The number of aryl methyl sites for hydroxylation is 1. The van der Waals surface area contributed by atoms with Gasteiger partial charge in [0, 0.05) is 29.8 Å². The van der Waals surface area contributed by atoms with Crippen molar-refractivity contribution in [2.45, 2.75) is 33.9 Å². The molecule has 7 nitrogen and oxygen atoms in total. The van der Waals surface area contributed by atoms with E-state index in [9.17, 15) is 14.0 Å². The monoisotopic (exact) mass is 435 g/mol. The molecule has 4 rings (SSSR count). The van der Waals surface area contributed by atoms with Gasteiger partial charge in [-0.2, -0.15) is 0 Å². The summed E-state index contributed by atoms with van der Waals surface area (Å²) >= 11 is 0. The molecule has 0 radical (unpaired) electrons. The number of carbonyl (C=O) groups excluding carboxylic acids is 2. The van der Waals surface area contributed by atoms with E-state index in [4.69, 9.17) is 5.73 Å². The van der Waals surface area contributed by atoms with Crippen LogP contribution in [0, 0.1) is 12.7 Å². The van der Waals surface area contributed by atoms with Crippen LogP contribution in [-0.2, 0) is 13.1 Å². The van der Waals surface area contributed by atoms with Crippen LogP contribution in [0.1, 0.15) is 51.5 Å². The number of nitrogens with zero attached hydrogens (tertiary/aromatic N) is 2. The van der Waals surface area contributed by atoms with Crippen molar-refractivity contribution in [1.82, 2.24) is 20.2 Å². The number of primary amides is 1. The van der Waals surface area contributed by atoms with Gasteiger partial charge in [-0.15, -0.1) is 0 Å². The van der Waals surface area contributed by atoms with E-state index in [0.29, 0.717) is 40.2 Å². The van der Waals surface area contributed by atoms with Crippen molar-refractivity contribution < 1.29 is 14.0 Å². The smallest absolute Gasteiger partial charge is 0.252 e. The molecule has 0 bridgehead atoms. The molecule has 1 aliphatic heterocycles. The first kappa shape index (κ1) is 21.7. The van der Waals surface area contributed by atoms with Crippen LogP contribution in [-0.4, -0.2) is 39.8 Å². The van der Waals surface area contributed by atoms with Gasteiger partial charge in [-0.3, -0.25) is 14.5 Å². The summed E-state index contributed by atoms with van der Waals surface area (Å²) in [5.74, 6) is -0.855. The molecule has 0 fully saturated rings. The fourth-order valence-electron chi connectivity index (χ4n) is 4.13. The Morgan fingerprint density at radius 1 is 1.16 bits per heavy atom. The Kier molecular flexibility index (Phi) is 5.80. The third-order valence-corrected chi connectivity index (χ3v) is 6.03. The molecule has 8 heteroatoms. The van der Waals surface area contributed by atoms with Crippen LogP contribution in [0.3, 0.4) is 0 Å². The van der Waals surface area contributed by atoms with Crippen LogP contribution >= 0.6 is 0 Å². The second-order valence-corrected chi connectivity index (χ2v) is 7.87. The predicted molar refractivity (Wildman–Crippen MR) is 120 cm³/mol. The number of amides is 2. The number of halogens is 1. The Labute approximate surface area is 185 Å². The molecule has 3 aromatic rings. The lowest BCUT2D eigenvalue weighted by Crippen LogP contribution is -2.22. The zero-order valence-corrected chi connectivity index (χ0v) is 18.4. The summed E-state index contributed by atoms with van der Waals surface area (Å²) in [6, 6.07) is 7.71. The van der Waals surface area contributed by atoms with E-state index < -0.39 is 11.7 Å². The van der Waals surface area contributed by atoms with Gasteiger partial charge in [0.1, 0.15) is 11.6 Å². The Morgan fingerprint density at radius 3 is 2.50 bits per heavy atom. The number of fused-ring (bicyclic) bond motifs is 1. The molecule has 2 amide bonds. The molecule has 0 aliphatic carbocycles. The second kappa shape index (κ2) is 8.55. The Morgan fingerprint density at radius 2 is 1.84 bits per heavy atom. The molecule has 2 aromatic carbocycles. The lowest BCUT2D eigenvalue weighted by molar-refractivity contribution is 0.0964. The van der Waals surface area contributed by atoms with Crippen LogP contribution in [0.15, 0.2) is 30.3 Å². The minimum Gasteiger partial charge on any atom is -0.366 e. The van der Waals surface area contributed by atoms with Crippen molar-refractivity contribution in [2.75, 3.05) is 13.1 Å². The number of nitrogens with two attached hydrogens (primary N) is 1. The van der Waals surface area contributed by atoms with Crippen LogP contribution in [0.5, 0.6) is 0 Å². The molecule has 0 saturated heterocycles. The maximum Gasteiger partial charge on any atom is 0.252 e. The molecule has 32 heavy (non-hydrogen) atoms. The van der Waals surface area contributed by atoms with Crippen molar-refractivity contribution in [3.63, 3.8) is 0 Å². The van der Waals surface area contributed by atoms with Gasteiger partial charge in [0.2, 0.25) is 5.91 Å².